The van der Waals surface area contributed by atoms with Crippen molar-refractivity contribution in [3.8, 4) is 0 Å². The van der Waals surface area contributed by atoms with Gasteiger partial charge in [0.25, 0.3) is 21.8 Å². The number of amides is 2. The van der Waals surface area contributed by atoms with Crippen LogP contribution < -0.4 is 5.32 Å². The number of nitrogens with one attached hydrogen (secondary N) is 1. The van der Waals surface area contributed by atoms with Gasteiger partial charge in [0.1, 0.15) is 10.7 Å². The van der Waals surface area contributed by atoms with E-state index in [-0.39, 0.29) is 17.0 Å². The van der Waals surface area contributed by atoms with Crippen molar-refractivity contribution in [2.75, 3.05) is 5.32 Å². The van der Waals surface area contributed by atoms with Crippen LogP contribution in [0.4, 0.5) is 10.1 Å². The molecule has 1 N–H and O–H groups in total. The van der Waals surface area contributed by atoms with Crippen LogP contribution in [0.25, 0.3) is 4.91 Å². The van der Waals surface area contributed by atoms with Gasteiger partial charge in [-0.25, -0.2) is 17.1 Å². The summed E-state index contributed by atoms with van der Waals surface area (Å²) in [5, 5.41) is 2.63. The zero-order chi connectivity index (χ0) is 25.5. The molecule has 3 aromatic rings. The van der Waals surface area contributed by atoms with Gasteiger partial charge >= 0.3 is 0 Å². The number of nitrogens with zero attached hydrogens (tertiary/aromatic N) is 1. The van der Waals surface area contributed by atoms with Crippen LogP contribution in [0.5, 0.6) is 0 Å². The fourth-order valence-electron chi connectivity index (χ4n) is 3.90. The second-order valence-electron chi connectivity index (χ2n) is 8.69. The van der Waals surface area contributed by atoms with Crippen LogP contribution in [-0.4, -0.2) is 24.5 Å². The maximum Gasteiger partial charge on any atom is 0.268 e. The highest BCUT2D eigenvalue weighted by Gasteiger charge is 2.42. The molecule has 0 spiro atoms. The van der Waals surface area contributed by atoms with Crippen molar-refractivity contribution in [2.45, 2.75) is 34.2 Å². The van der Waals surface area contributed by atoms with Crippen LogP contribution in [0.1, 0.15) is 45.1 Å². The minimum absolute atomic E-state index is 0.0203. The molecule has 0 fully saturated rings. The fourth-order valence-corrected chi connectivity index (χ4v) is 5.70. The van der Waals surface area contributed by atoms with Crippen LogP contribution in [-0.2, 0) is 21.4 Å². The van der Waals surface area contributed by atoms with Crippen LogP contribution in [0.15, 0.2) is 66.2 Å². The standard InChI is InChI=1S/C27H25FN2O4S/c1-16-5-9-22(13-18(16)3)25-19(4)27(32)30(35(25,33)34)15-20-7-10-21(11-8-20)26(31)29-23-12-6-17(2)24(28)14-23/h5-14H,15H2,1-4H3,(H,29,31). The molecule has 0 aromatic heterocycles. The number of sulfonamides is 1. The van der Waals surface area contributed by atoms with E-state index in [1.807, 2.05) is 19.9 Å². The lowest BCUT2D eigenvalue weighted by molar-refractivity contribution is -0.122. The number of rotatable bonds is 5. The molecule has 0 unspecified atom stereocenters. The van der Waals surface area contributed by atoms with Crippen molar-refractivity contribution < 1.29 is 22.4 Å². The predicted molar refractivity (Wildman–Crippen MR) is 134 cm³/mol. The van der Waals surface area contributed by atoms with Crippen LogP contribution in [0.3, 0.4) is 0 Å². The number of benzene rings is 3. The van der Waals surface area contributed by atoms with Gasteiger partial charge in [-0.05, 0) is 79.8 Å². The average molecular weight is 493 g/mol. The third kappa shape index (κ3) is 4.61. The van der Waals surface area contributed by atoms with E-state index in [0.29, 0.717) is 27.9 Å². The van der Waals surface area contributed by atoms with Gasteiger partial charge in [-0.3, -0.25) is 9.59 Å². The average Bonchev–Trinajstić information content (AvgIpc) is 2.97. The second-order valence-corrected chi connectivity index (χ2v) is 10.5. The van der Waals surface area contributed by atoms with Crippen LogP contribution in [0, 0.1) is 26.6 Å². The van der Waals surface area contributed by atoms with Gasteiger partial charge in [-0.15, -0.1) is 0 Å². The Bertz CT molecular complexity index is 1490. The van der Waals surface area contributed by atoms with Crippen LogP contribution >= 0.6 is 0 Å². The fraction of sp³-hybridized carbons (Fsp3) is 0.185. The zero-order valence-electron chi connectivity index (χ0n) is 19.8. The summed E-state index contributed by atoms with van der Waals surface area (Å²) in [6.07, 6.45) is 0. The summed E-state index contributed by atoms with van der Waals surface area (Å²) in [5.74, 6) is -1.42. The van der Waals surface area contributed by atoms with Crippen molar-refractivity contribution in [1.29, 1.82) is 0 Å². The first-order valence-corrected chi connectivity index (χ1v) is 12.4. The van der Waals surface area contributed by atoms with Gasteiger partial charge < -0.3 is 5.32 Å². The van der Waals surface area contributed by atoms with E-state index in [0.717, 1.165) is 15.4 Å². The van der Waals surface area contributed by atoms with Crippen LogP contribution in [0.2, 0.25) is 0 Å². The number of hydrogen-bond donors (Lipinski definition) is 1. The molecule has 35 heavy (non-hydrogen) atoms. The number of anilines is 1. The molecule has 6 nitrogen and oxygen atoms in total. The van der Waals surface area contributed by atoms with Crippen molar-refractivity contribution in [2.24, 2.45) is 0 Å². The Balaban J connectivity index is 1.52. The molecule has 1 heterocycles. The van der Waals surface area contributed by atoms with Crippen molar-refractivity contribution >= 4 is 32.4 Å². The van der Waals surface area contributed by atoms with E-state index < -0.39 is 27.7 Å². The van der Waals surface area contributed by atoms with Gasteiger partial charge in [0.15, 0.2) is 0 Å². The molecule has 0 radical (unpaired) electrons. The third-order valence-electron chi connectivity index (χ3n) is 6.18. The highest BCUT2D eigenvalue weighted by Crippen LogP contribution is 2.37. The molecule has 0 bridgehead atoms. The minimum Gasteiger partial charge on any atom is -0.322 e. The first-order chi connectivity index (χ1) is 16.5. The molecule has 0 saturated carbocycles. The summed E-state index contributed by atoms with van der Waals surface area (Å²) in [7, 11) is -4.03. The highest BCUT2D eigenvalue weighted by atomic mass is 32.2. The first kappa shape index (κ1) is 24.3. The normalized spacial score (nSPS) is 15.0. The molecule has 1 aliphatic rings. The highest BCUT2D eigenvalue weighted by molar-refractivity contribution is 7.99. The lowest BCUT2D eigenvalue weighted by Crippen LogP contribution is -2.30. The summed E-state index contributed by atoms with van der Waals surface area (Å²) in [4.78, 5) is 25.4. The SMILES string of the molecule is CC1=C(c2ccc(C)c(C)c2)S(=O)(=O)N(Cc2ccc(C(=O)Nc3ccc(C)c(F)c3)cc2)C1=O. The Morgan fingerprint density at radius 1 is 0.886 bits per heavy atom. The molecule has 2 amide bonds. The topological polar surface area (TPSA) is 83.6 Å². The lowest BCUT2D eigenvalue weighted by Gasteiger charge is -2.17. The lowest BCUT2D eigenvalue weighted by atomic mass is 10.0. The molecule has 0 atom stereocenters. The number of aryl methyl sites for hydroxylation is 3. The van der Waals surface area contributed by atoms with E-state index in [4.69, 9.17) is 0 Å². The van der Waals surface area contributed by atoms with Gasteiger partial charge in [-0.2, -0.15) is 0 Å². The van der Waals surface area contributed by atoms with E-state index >= 15 is 0 Å². The molecule has 1 aliphatic heterocycles. The molecule has 180 valence electrons. The van der Waals surface area contributed by atoms with E-state index in [9.17, 15) is 22.4 Å². The Hall–Kier alpha value is -3.78. The van der Waals surface area contributed by atoms with Crippen molar-refractivity contribution in [3.05, 3.63) is 105 Å². The quantitative estimate of drug-likeness (QED) is 0.537. The third-order valence-corrected chi connectivity index (χ3v) is 8.11. The maximum atomic E-state index is 13.7. The molecule has 0 saturated heterocycles. The molecule has 8 heteroatoms. The van der Waals surface area contributed by atoms with E-state index in [1.165, 1.54) is 25.1 Å². The number of hydrogen-bond acceptors (Lipinski definition) is 4. The monoisotopic (exact) mass is 492 g/mol. The summed E-state index contributed by atoms with van der Waals surface area (Å²) in [6, 6.07) is 16.0. The molecule has 4 rings (SSSR count). The zero-order valence-corrected chi connectivity index (χ0v) is 20.7. The summed E-state index contributed by atoms with van der Waals surface area (Å²) >= 11 is 0. The summed E-state index contributed by atoms with van der Waals surface area (Å²) < 4.78 is 41.2. The van der Waals surface area contributed by atoms with Gasteiger partial charge in [-0.1, -0.05) is 36.4 Å². The predicted octanol–water partition coefficient (Wildman–Crippen LogP) is 5.11. The minimum atomic E-state index is -4.03. The smallest absolute Gasteiger partial charge is 0.268 e. The Labute approximate surface area is 204 Å². The maximum absolute atomic E-state index is 13.7. The molecule has 0 aliphatic carbocycles. The number of carbonyl (C=O) groups excluding carboxylic acids is 2. The van der Waals surface area contributed by atoms with Crippen molar-refractivity contribution in [3.63, 3.8) is 0 Å². The van der Waals surface area contributed by atoms with E-state index in [2.05, 4.69) is 5.32 Å². The van der Waals surface area contributed by atoms with Gasteiger partial charge in [0.05, 0.1) is 6.54 Å². The van der Waals surface area contributed by atoms with E-state index in [1.54, 1.807) is 43.3 Å². The Morgan fingerprint density at radius 2 is 1.54 bits per heavy atom. The summed E-state index contributed by atoms with van der Waals surface area (Å²) in [6.45, 7) is 6.82. The largest absolute Gasteiger partial charge is 0.322 e. The second kappa shape index (κ2) is 9.11. The Morgan fingerprint density at radius 3 is 2.17 bits per heavy atom. The van der Waals surface area contributed by atoms with Gasteiger partial charge in [0, 0.05) is 16.8 Å². The van der Waals surface area contributed by atoms with Crippen molar-refractivity contribution in [1.82, 2.24) is 4.31 Å². The molecule has 3 aromatic carbocycles. The first-order valence-electron chi connectivity index (χ1n) is 11.0. The number of halogens is 1. The Kier molecular flexibility index (Phi) is 6.34. The summed E-state index contributed by atoms with van der Waals surface area (Å²) in [5.41, 5.74) is 4.30. The number of carbonyl (C=O) groups is 2. The van der Waals surface area contributed by atoms with Gasteiger partial charge in [0.2, 0.25) is 0 Å². The molecular formula is C27H25FN2O4S. The molecular weight excluding hydrogens is 467 g/mol.